The molecule has 0 aromatic heterocycles. The van der Waals surface area contributed by atoms with E-state index in [1.54, 1.807) is 0 Å². The minimum absolute atomic E-state index is 0. The Morgan fingerprint density at radius 2 is 2.31 bits per heavy atom. The molecule has 7 heteroatoms. The van der Waals surface area contributed by atoms with Crippen LogP contribution in [0.4, 0.5) is 0 Å². The van der Waals surface area contributed by atoms with E-state index >= 15 is 0 Å². The Balaban J connectivity index is 0. The van der Waals surface area contributed by atoms with E-state index in [9.17, 15) is 4.79 Å². The number of carboxylic acids is 1. The molecule has 1 atom stereocenters. The molecular formula is C6H15ClN4O2. The predicted octanol–water partition coefficient (Wildman–Crippen LogP) is -0.908. The minimum atomic E-state index is -0.970. The van der Waals surface area contributed by atoms with Gasteiger partial charge in [-0.2, -0.15) is 5.10 Å². The largest absolute Gasteiger partial charge is 0.480 e. The predicted molar refractivity (Wildman–Crippen MR) is 52.8 cm³/mol. The Labute approximate surface area is 82.8 Å². The van der Waals surface area contributed by atoms with Gasteiger partial charge in [-0.3, -0.25) is 4.79 Å². The fraction of sp³-hybridized carbons (Fsp3) is 0.667. The number of nitrogens with zero attached hydrogens (tertiary/aromatic N) is 1. The molecule has 0 heterocycles. The van der Waals surface area contributed by atoms with E-state index in [1.165, 1.54) is 6.34 Å². The zero-order valence-corrected chi connectivity index (χ0v) is 7.96. The summed E-state index contributed by atoms with van der Waals surface area (Å²) >= 11 is 0. The van der Waals surface area contributed by atoms with E-state index in [2.05, 4.69) is 10.4 Å². The van der Waals surface area contributed by atoms with Gasteiger partial charge in [0, 0.05) is 6.54 Å². The molecule has 0 amide bonds. The molecule has 0 saturated heterocycles. The molecule has 13 heavy (non-hydrogen) atoms. The number of halogens is 1. The minimum Gasteiger partial charge on any atom is -0.480 e. The normalized spacial score (nSPS) is 12.1. The van der Waals surface area contributed by atoms with Crippen LogP contribution in [0.25, 0.3) is 0 Å². The molecule has 0 rings (SSSR count). The third-order valence-electron chi connectivity index (χ3n) is 1.32. The van der Waals surface area contributed by atoms with Crippen molar-refractivity contribution in [3.8, 4) is 0 Å². The van der Waals surface area contributed by atoms with Gasteiger partial charge in [0.1, 0.15) is 12.4 Å². The maximum Gasteiger partial charge on any atom is 0.320 e. The maximum absolute atomic E-state index is 10.2. The van der Waals surface area contributed by atoms with Crippen molar-refractivity contribution >= 4 is 24.7 Å². The van der Waals surface area contributed by atoms with Gasteiger partial charge < -0.3 is 22.0 Å². The molecule has 6 nitrogen and oxygen atoms in total. The lowest BCUT2D eigenvalue weighted by molar-refractivity contribution is -0.138. The monoisotopic (exact) mass is 210 g/mol. The second-order valence-corrected chi connectivity index (χ2v) is 2.32. The van der Waals surface area contributed by atoms with Gasteiger partial charge in [0.15, 0.2) is 0 Å². The summed E-state index contributed by atoms with van der Waals surface area (Å²) in [6.45, 7) is 0.627. The highest BCUT2D eigenvalue weighted by atomic mass is 35.5. The van der Waals surface area contributed by atoms with E-state index in [4.69, 9.17) is 16.7 Å². The summed E-state index contributed by atoms with van der Waals surface area (Å²) in [5.41, 5.74) is 5.25. The van der Waals surface area contributed by atoms with Crippen LogP contribution in [0.3, 0.4) is 0 Å². The Morgan fingerprint density at radius 3 is 2.77 bits per heavy atom. The van der Waals surface area contributed by atoms with E-state index in [0.717, 1.165) is 0 Å². The smallest absolute Gasteiger partial charge is 0.320 e. The summed E-state index contributed by atoms with van der Waals surface area (Å²) < 4.78 is 0. The summed E-state index contributed by atoms with van der Waals surface area (Å²) in [6, 6.07) is -0.776. The fourth-order valence-corrected chi connectivity index (χ4v) is 0.665. The van der Waals surface area contributed by atoms with Crippen LogP contribution in [-0.2, 0) is 4.79 Å². The molecule has 0 bridgehead atoms. The highest BCUT2D eigenvalue weighted by molar-refractivity contribution is 5.85. The number of carboxylic acid groups (broad SMARTS) is 1. The van der Waals surface area contributed by atoms with Crippen LogP contribution in [0.2, 0.25) is 0 Å². The van der Waals surface area contributed by atoms with Crippen molar-refractivity contribution in [2.75, 3.05) is 6.54 Å². The molecule has 0 spiro atoms. The third kappa shape index (κ3) is 8.90. The van der Waals surface area contributed by atoms with Crippen molar-refractivity contribution in [2.45, 2.75) is 18.9 Å². The second kappa shape index (κ2) is 9.08. The summed E-state index contributed by atoms with van der Waals surface area (Å²) in [6.07, 6.45) is 2.48. The maximum atomic E-state index is 10.2. The Morgan fingerprint density at radius 1 is 1.69 bits per heavy atom. The quantitative estimate of drug-likeness (QED) is 0.149. The molecule has 0 unspecified atom stereocenters. The molecule has 0 fully saturated rings. The average Bonchev–Trinajstić information content (AvgIpc) is 2.03. The van der Waals surface area contributed by atoms with Gasteiger partial charge in [0.25, 0.3) is 0 Å². The van der Waals surface area contributed by atoms with E-state index in [0.29, 0.717) is 19.4 Å². The molecule has 0 aromatic carbocycles. The first-order valence-corrected chi connectivity index (χ1v) is 3.62. The molecule has 0 saturated carbocycles. The first-order chi connectivity index (χ1) is 5.68. The zero-order valence-electron chi connectivity index (χ0n) is 7.14. The molecule has 78 valence electrons. The molecule has 0 aliphatic rings. The number of nitrogens with one attached hydrogen (secondary N) is 1. The first-order valence-electron chi connectivity index (χ1n) is 3.62. The summed E-state index contributed by atoms with van der Waals surface area (Å²) in [4.78, 5) is 10.2. The summed E-state index contributed by atoms with van der Waals surface area (Å²) in [5, 5.41) is 14.4. The SMILES string of the molecule is Cl.NN=CNCCC[C@H](N)C(=O)O. The van der Waals surface area contributed by atoms with Crippen LogP contribution in [-0.4, -0.2) is 30.0 Å². The fourth-order valence-electron chi connectivity index (χ4n) is 0.665. The molecule has 0 aliphatic carbocycles. The first kappa shape index (κ1) is 14.5. The average molecular weight is 211 g/mol. The van der Waals surface area contributed by atoms with Gasteiger partial charge in [-0.25, -0.2) is 0 Å². The Hall–Kier alpha value is -1.01. The molecule has 0 aromatic rings. The lowest BCUT2D eigenvalue weighted by Gasteiger charge is -2.04. The summed E-state index contributed by atoms with van der Waals surface area (Å²) in [7, 11) is 0. The van der Waals surface area contributed by atoms with Crippen LogP contribution < -0.4 is 16.9 Å². The van der Waals surface area contributed by atoms with Gasteiger partial charge in [-0.05, 0) is 12.8 Å². The molecule has 6 N–H and O–H groups in total. The van der Waals surface area contributed by atoms with Crippen LogP contribution in [0.1, 0.15) is 12.8 Å². The number of aliphatic carboxylic acids is 1. The second-order valence-electron chi connectivity index (χ2n) is 2.32. The lowest BCUT2D eigenvalue weighted by Crippen LogP contribution is -2.30. The van der Waals surface area contributed by atoms with Crippen LogP contribution in [0.5, 0.6) is 0 Å². The molecule has 0 radical (unpaired) electrons. The van der Waals surface area contributed by atoms with E-state index in [-0.39, 0.29) is 12.4 Å². The number of hydrazone groups is 1. The number of rotatable bonds is 6. The van der Waals surface area contributed by atoms with Crippen molar-refractivity contribution in [2.24, 2.45) is 16.7 Å². The molecular weight excluding hydrogens is 196 g/mol. The number of hydrogen-bond donors (Lipinski definition) is 4. The van der Waals surface area contributed by atoms with Crippen molar-refractivity contribution < 1.29 is 9.90 Å². The highest BCUT2D eigenvalue weighted by Gasteiger charge is 2.09. The van der Waals surface area contributed by atoms with Gasteiger partial charge in [-0.15, -0.1) is 12.4 Å². The van der Waals surface area contributed by atoms with Crippen molar-refractivity contribution in [3.63, 3.8) is 0 Å². The van der Waals surface area contributed by atoms with Crippen molar-refractivity contribution in [1.29, 1.82) is 0 Å². The topological polar surface area (TPSA) is 114 Å². The van der Waals surface area contributed by atoms with Crippen LogP contribution in [0.15, 0.2) is 5.10 Å². The van der Waals surface area contributed by atoms with Gasteiger partial charge >= 0.3 is 5.97 Å². The van der Waals surface area contributed by atoms with Gasteiger partial charge in [0.05, 0.1) is 0 Å². The third-order valence-corrected chi connectivity index (χ3v) is 1.32. The van der Waals surface area contributed by atoms with Crippen molar-refractivity contribution in [1.82, 2.24) is 5.32 Å². The van der Waals surface area contributed by atoms with Crippen LogP contribution in [0, 0.1) is 0 Å². The number of hydrogen-bond acceptors (Lipinski definition) is 4. The van der Waals surface area contributed by atoms with Crippen molar-refractivity contribution in [3.05, 3.63) is 0 Å². The molecule has 0 aliphatic heterocycles. The standard InChI is InChI=1S/C6H14N4O2.ClH/c7-5(6(11)12)2-1-3-9-4-10-8;/h4-5H,1-3,7-8H2,(H,9,10)(H,11,12);1H/t5-;/m0./s1. The Kier molecular flexibility index (Phi) is 10.1. The number of nitrogens with two attached hydrogens (primary N) is 2. The highest BCUT2D eigenvalue weighted by Crippen LogP contribution is 1.92. The zero-order chi connectivity index (χ0) is 9.40. The number of carbonyl (C=O) groups is 1. The summed E-state index contributed by atoms with van der Waals surface area (Å²) in [5.74, 6) is 3.84. The van der Waals surface area contributed by atoms with E-state index < -0.39 is 12.0 Å². The van der Waals surface area contributed by atoms with Gasteiger partial charge in [-0.1, -0.05) is 0 Å². The lowest BCUT2D eigenvalue weighted by atomic mass is 10.2. The van der Waals surface area contributed by atoms with Gasteiger partial charge in [0.2, 0.25) is 0 Å². The van der Waals surface area contributed by atoms with E-state index in [1.807, 2.05) is 0 Å². The van der Waals surface area contributed by atoms with Crippen LogP contribution >= 0.6 is 12.4 Å². The Bertz CT molecular complexity index is 165.